The number of rotatable bonds is 5. The number of carbonyl (C=O) groups excluding carboxylic acids is 1. The number of hydrogen-bond acceptors (Lipinski definition) is 5. The van der Waals surface area contributed by atoms with Crippen LogP contribution in [0.2, 0.25) is 0 Å². The first-order valence-electron chi connectivity index (χ1n) is 7.74. The summed E-state index contributed by atoms with van der Waals surface area (Å²) < 4.78 is 37.9. The van der Waals surface area contributed by atoms with Gasteiger partial charge in [0.2, 0.25) is 5.91 Å². The van der Waals surface area contributed by atoms with E-state index in [4.69, 9.17) is 5.73 Å². The van der Waals surface area contributed by atoms with Crippen LogP contribution < -0.4 is 16.0 Å². The van der Waals surface area contributed by atoms with E-state index in [1.54, 1.807) is 0 Å². The van der Waals surface area contributed by atoms with E-state index in [9.17, 15) is 18.0 Å². The van der Waals surface area contributed by atoms with Crippen LogP contribution in [0.25, 0.3) is 0 Å². The van der Waals surface area contributed by atoms with Crippen LogP contribution in [0.4, 0.5) is 30.5 Å². The minimum Gasteiger partial charge on any atom is -0.366 e. The Morgan fingerprint density at radius 1 is 1.19 bits per heavy atom. The van der Waals surface area contributed by atoms with Crippen molar-refractivity contribution in [1.29, 1.82) is 0 Å². The molecule has 1 aliphatic heterocycles. The maximum Gasteiger partial charge on any atom is 0.416 e. The van der Waals surface area contributed by atoms with Gasteiger partial charge >= 0.3 is 6.18 Å². The topological polar surface area (TPSA) is 84.1 Å². The summed E-state index contributed by atoms with van der Waals surface area (Å²) in [7, 11) is 0. The van der Waals surface area contributed by atoms with Gasteiger partial charge in [-0.3, -0.25) is 4.79 Å². The molecule has 2 aromatic rings. The Balaban J connectivity index is 1.73. The zero-order valence-electron chi connectivity index (χ0n) is 13.6. The predicted molar refractivity (Wildman–Crippen MR) is 90.8 cm³/mol. The number of halogens is 3. The number of nitrogens with zero attached hydrogens (tertiary/aromatic N) is 3. The second kappa shape index (κ2) is 6.66. The molecule has 1 aromatic carbocycles. The van der Waals surface area contributed by atoms with Crippen molar-refractivity contribution in [3.05, 3.63) is 54.4 Å². The van der Waals surface area contributed by atoms with E-state index in [0.29, 0.717) is 36.0 Å². The molecular weight excluding hydrogens is 347 g/mol. The molecule has 0 bridgehead atoms. The maximum atomic E-state index is 12.6. The summed E-state index contributed by atoms with van der Waals surface area (Å²) in [4.78, 5) is 21.5. The molecule has 26 heavy (non-hydrogen) atoms. The molecule has 1 amide bonds. The van der Waals surface area contributed by atoms with Gasteiger partial charge in [0.1, 0.15) is 0 Å². The van der Waals surface area contributed by atoms with Crippen LogP contribution >= 0.6 is 0 Å². The molecule has 1 fully saturated rings. The monoisotopic (exact) mass is 363 g/mol. The Kier molecular flexibility index (Phi) is 4.54. The molecule has 1 aromatic heterocycles. The average molecular weight is 363 g/mol. The molecule has 0 unspecified atom stereocenters. The summed E-state index contributed by atoms with van der Waals surface area (Å²) in [5.74, 6) is 0.377. The minimum atomic E-state index is -4.38. The van der Waals surface area contributed by atoms with Crippen molar-refractivity contribution < 1.29 is 18.0 Å². The molecular formula is C17H16F3N5O. The summed E-state index contributed by atoms with van der Waals surface area (Å²) in [6.45, 7) is 4.71. The molecule has 0 aliphatic carbocycles. The number of nitrogens with two attached hydrogens (primary N) is 1. The lowest BCUT2D eigenvalue weighted by Gasteiger charge is -2.40. The highest BCUT2D eigenvalue weighted by Gasteiger charge is 2.33. The third-order valence-corrected chi connectivity index (χ3v) is 4.14. The zero-order valence-corrected chi connectivity index (χ0v) is 13.6. The first-order chi connectivity index (χ1) is 12.3. The van der Waals surface area contributed by atoms with Gasteiger partial charge in [0.25, 0.3) is 0 Å². The van der Waals surface area contributed by atoms with Crippen LogP contribution in [0.15, 0.2) is 48.8 Å². The van der Waals surface area contributed by atoms with Gasteiger partial charge in [-0.05, 0) is 24.3 Å². The third kappa shape index (κ3) is 3.61. The fourth-order valence-electron chi connectivity index (χ4n) is 2.60. The van der Waals surface area contributed by atoms with Crippen molar-refractivity contribution in [3.8, 4) is 0 Å². The molecule has 3 rings (SSSR count). The molecule has 1 saturated heterocycles. The zero-order chi connectivity index (χ0) is 18.9. The van der Waals surface area contributed by atoms with E-state index in [-0.39, 0.29) is 5.92 Å². The minimum absolute atomic E-state index is 0.0478. The molecule has 9 heteroatoms. The molecule has 136 valence electrons. The normalized spacial score (nSPS) is 14.7. The summed E-state index contributed by atoms with van der Waals surface area (Å²) in [6.07, 6.45) is -1.38. The second-order valence-corrected chi connectivity index (χ2v) is 5.92. The van der Waals surface area contributed by atoms with E-state index in [2.05, 4.69) is 21.9 Å². The second-order valence-electron chi connectivity index (χ2n) is 5.92. The van der Waals surface area contributed by atoms with Gasteiger partial charge in [-0.25, -0.2) is 9.97 Å². The number of alkyl halides is 3. The van der Waals surface area contributed by atoms with Crippen LogP contribution in [0, 0.1) is 5.92 Å². The Morgan fingerprint density at radius 3 is 2.38 bits per heavy atom. The highest BCUT2D eigenvalue weighted by Crippen LogP contribution is 2.33. The third-order valence-electron chi connectivity index (χ3n) is 4.14. The van der Waals surface area contributed by atoms with E-state index < -0.39 is 17.6 Å². The number of nitrogens with one attached hydrogen (secondary N) is 1. The number of carbonyl (C=O) groups is 1. The molecule has 3 N–H and O–H groups in total. The quantitative estimate of drug-likeness (QED) is 0.798. The van der Waals surface area contributed by atoms with Crippen LogP contribution in [-0.4, -0.2) is 29.0 Å². The molecule has 0 radical (unpaired) electrons. The van der Waals surface area contributed by atoms with Crippen LogP contribution in [0.3, 0.4) is 0 Å². The first kappa shape index (κ1) is 17.7. The van der Waals surface area contributed by atoms with Crippen molar-refractivity contribution in [2.45, 2.75) is 6.18 Å². The summed E-state index contributed by atoms with van der Waals surface area (Å²) in [5, 5.41) is 2.97. The van der Waals surface area contributed by atoms with Gasteiger partial charge in [-0.15, -0.1) is 0 Å². The number of hydrogen-bond donors (Lipinski definition) is 2. The average Bonchev–Trinajstić information content (AvgIpc) is 2.54. The van der Waals surface area contributed by atoms with Crippen LogP contribution in [0.1, 0.15) is 5.56 Å². The number of anilines is 3. The standard InChI is InChI=1S/C17H16F3N5O/c1-10(14(21)26)11-8-25(9-11)16-15(22-6-7-23-16)24-13-4-2-12(3-5-13)17(18,19)20/h2-7,11H,1,8-9H2,(H2,21,26)(H,22,24). The van der Waals surface area contributed by atoms with E-state index in [0.717, 1.165) is 12.1 Å². The van der Waals surface area contributed by atoms with Gasteiger partial charge in [-0.2, -0.15) is 13.2 Å². The number of aromatic nitrogens is 2. The molecule has 0 spiro atoms. The van der Waals surface area contributed by atoms with Gasteiger partial charge < -0.3 is 16.0 Å². The largest absolute Gasteiger partial charge is 0.416 e. The van der Waals surface area contributed by atoms with Crippen LogP contribution in [-0.2, 0) is 11.0 Å². The Morgan fingerprint density at radius 2 is 1.81 bits per heavy atom. The lowest BCUT2D eigenvalue weighted by atomic mass is 9.92. The van der Waals surface area contributed by atoms with Crippen molar-refractivity contribution in [1.82, 2.24) is 9.97 Å². The van der Waals surface area contributed by atoms with Crippen molar-refractivity contribution >= 4 is 23.2 Å². The Labute approximate surface area is 147 Å². The summed E-state index contributed by atoms with van der Waals surface area (Å²) in [6, 6.07) is 4.65. The van der Waals surface area contributed by atoms with Crippen molar-refractivity contribution in [2.24, 2.45) is 11.7 Å². The highest BCUT2D eigenvalue weighted by molar-refractivity contribution is 5.92. The van der Waals surface area contributed by atoms with E-state index in [1.807, 2.05) is 4.90 Å². The fourth-order valence-corrected chi connectivity index (χ4v) is 2.60. The SMILES string of the molecule is C=C(C(N)=O)C1CN(c2nccnc2Nc2ccc(C(F)(F)F)cc2)C1. The number of amides is 1. The summed E-state index contributed by atoms with van der Waals surface area (Å²) >= 11 is 0. The predicted octanol–water partition coefficient (Wildman–Crippen LogP) is 2.72. The van der Waals surface area contributed by atoms with E-state index >= 15 is 0 Å². The van der Waals surface area contributed by atoms with Gasteiger partial charge in [0.05, 0.1) is 5.56 Å². The molecule has 2 heterocycles. The molecule has 6 nitrogen and oxygen atoms in total. The lowest BCUT2D eigenvalue weighted by Crippen LogP contribution is -2.49. The smallest absolute Gasteiger partial charge is 0.366 e. The summed E-state index contributed by atoms with van der Waals surface area (Å²) in [5.41, 5.74) is 5.32. The van der Waals surface area contributed by atoms with Gasteiger partial charge in [0, 0.05) is 42.7 Å². The van der Waals surface area contributed by atoms with Crippen molar-refractivity contribution in [2.75, 3.05) is 23.3 Å². The number of primary amides is 1. The molecule has 0 saturated carbocycles. The van der Waals surface area contributed by atoms with Gasteiger partial charge in [-0.1, -0.05) is 6.58 Å². The molecule has 1 aliphatic rings. The Bertz CT molecular complexity index is 829. The fraction of sp³-hybridized carbons (Fsp3) is 0.235. The number of benzene rings is 1. The maximum absolute atomic E-state index is 12.6. The van der Waals surface area contributed by atoms with Gasteiger partial charge in [0.15, 0.2) is 11.6 Å². The highest BCUT2D eigenvalue weighted by atomic mass is 19.4. The van der Waals surface area contributed by atoms with Crippen molar-refractivity contribution in [3.63, 3.8) is 0 Å². The van der Waals surface area contributed by atoms with Crippen LogP contribution in [0.5, 0.6) is 0 Å². The van der Waals surface area contributed by atoms with E-state index in [1.165, 1.54) is 24.5 Å². The lowest BCUT2D eigenvalue weighted by molar-refractivity contribution is -0.137. The first-order valence-corrected chi connectivity index (χ1v) is 7.74. The Hall–Kier alpha value is -3.10. The molecule has 0 atom stereocenters.